The second-order valence-electron chi connectivity index (χ2n) is 6.90. The maximum absolute atomic E-state index is 13.0. The molecule has 4 nitrogen and oxygen atoms in total. The first kappa shape index (κ1) is 13.9. The van der Waals surface area contributed by atoms with E-state index < -0.39 is 0 Å². The molecule has 1 saturated heterocycles. The van der Waals surface area contributed by atoms with Crippen LogP contribution in [0, 0.1) is 0 Å². The Labute approximate surface area is 140 Å². The molecule has 1 aromatic heterocycles. The fourth-order valence-corrected chi connectivity index (χ4v) is 4.21. The van der Waals surface area contributed by atoms with Crippen LogP contribution in [0.1, 0.15) is 19.3 Å². The molecule has 24 heavy (non-hydrogen) atoms. The molecule has 1 fully saturated rings. The third kappa shape index (κ3) is 1.96. The monoisotopic (exact) mass is 318 g/mol. The minimum Gasteiger partial charge on any atom is -0.316 e. The zero-order valence-corrected chi connectivity index (χ0v) is 13.6. The SMILES string of the molecule is O=c1c2cccc3c2c(nn1C[NH+]1CCCCC1)-c1ccccc1-3. The summed E-state index contributed by atoms with van der Waals surface area (Å²) in [7, 11) is 0. The van der Waals surface area contributed by atoms with Gasteiger partial charge in [0, 0.05) is 10.9 Å². The predicted molar refractivity (Wildman–Crippen MR) is 95.0 cm³/mol. The Hall–Kier alpha value is -2.46. The zero-order chi connectivity index (χ0) is 16.1. The quantitative estimate of drug-likeness (QED) is 0.614. The molecule has 0 unspecified atom stereocenters. The molecule has 1 N–H and O–H groups in total. The number of fused-ring (bicyclic) bond motifs is 3. The van der Waals surface area contributed by atoms with Crippen LogP contribution in [-0.4, -0.2) is 22.9 Å². The van der Waals surface area contributed by atoms with E-state index in [-0.39, 0.29) is 5.56 Å². The summed E-state index contributed by atoms with van der Waals surface area (Å²) < 4.78 is 1.70. The van der Waals surface area contributed by atoms with Crippen molar-refractivity contribution in [3.63, 3.8) is 0 Å². The van der Waals surface area contributed by atoms with E-state index in [1.165, 1.54) is 29.7 Å². The number of hydrogen-bond acceptors (Lipinski definition) is 2. The molecule has 0 radical (unpaired) electrons. The molecule has 1 aliphatic heterocycles. The fraction of sp³-hybridized carbons (Fsp3) is 0.300. The second kappa shape index (κ2) is 5.28. The lowest BCUT2D eigenvalue weighted by atomic mass is 10.0. The number of hydrogen-bond donors (Lipinski definition) is 1. The molecular formula is C20H20N3O+. The number of aromatic nitrogens is 2. The zero-order valence-electron chi connectivity index (χ0n) is 13.6. The van der Waals surface area contributed by atoms with Crippen LogP contribution in [0.5, 0.6) is 0 Å². The molecule has 3 aromatic rings. The van der Waals surface area contributed by atoms with Gasteiger partial charge in [-0.1, -0.05) is 36.4 Å². The summed E-state index contributed by atoms with van der Waals surface area (Å²) in [5.74, 6) is 0. The van der Waals surface area contributed by atoms with E-state index in [0.29, 0.717) is 6.67 Å². The van der Waals surface area contributed by atoms with Crippen LogP contribution in [0.15, 0.2) is 47.3 Å². The number of quaternary nitrogens is 1. The van der Waals surface area contributed by atoms with Crippen molar-refractivity contribution in [1.29, 1.82) is 0 Å². The molecule has 2 aromatic carbocycles. The Balaban J connectivity index is 1.72. The Bertz CT molecular complexity index is 999. The van der Waals surface area contributed by atoms with E-state index in [1.807, 2.05) is 24.3 Å². The van der Waals surface area contributed by atoms with Crippen molar-refractivity contribution in [2.24, 2.45) is 0 Å². The van der Waals surface area contributed by atoms with Crippen molar-refractivity contribution >= 4 is 10.8 Å². The van der Waals surface area contributed by atoms with Gasteiger partial charge >= 0.3 is 0 Å². The van der Waals surface area contributed by atoms with Gasteiger partial charge in [-0.05, 0) is 36.5 Å². The molecular weight excluding hydrogens is 298 g/mol. The molecule has 120 valence electrons. The van der Waals surface area contributed by atoms with Gasteiger partial charge in [0.1, 0.15) is 5.69 Å². The molecule has 0 bridgehead atoms. The maximum Gasteiger partial charge on any atom is 0.279 e. The Morgan fingerprint density at radius 1 is 0.917 bits per heavy atom. The van der Waals surface area contributed by atoms with Gasteiger partial charge in [-0.25, -0.2) is 0 Å². The number of benzene rings is 2. The summed E-state index contributed by atoms with van der Waals surface area (Å²) in [5, 5.41) is 6.61. The Kier molecular flexibility index (Phi) is 3.06. The minimum absolute atomic E-state index is 0.0430. The maximum atomic E-state index is 13.0. The number of nitrogens with zero attached hydrogens (tertiary/aromatic N) is 2. The lowest BCUT2D eigenvalue weighted by Crippen LogP contribution is -3.12. The summed E-state index contributed by atoms with van der Waals surface area (Å²) in [6, 6.07) is 14.4. The topological polar surface area (TPSA) is 39.3 Å². The minimum atomic E-state index is 0.0430. The molecule has 0 saturated carbocycles. The third-order valence-corrected chi connectivity index (χ3v) is 5.39. The average Bonchev–Trinajstić information content (AvgIpc) is 2.95. The number of nitrogens with one attached hydrogen (secondary N) is 1. The van der Waals surface area contributed by atoms with E-state index in [0.717, 1.165) is 40.7 Å². The fourth-order valence-electron chi connectivity index (χ4n) is 4.21. The van der Waals surface area contributed by atoms with Crippen LogP contribution in [0.2, 0.25) is 0 Å². The highest BCUT2D eigenvalue weighted by atomic mass is 16.1. The largest absolute Gasteiger partial charge is 0.316 e. The van der Waals surface area contributed by atoms with Crippen LogP contribution in [0.4, 0.5) is 0 Å². The van der Waals surface area contributed by atoms with Gasteiger partial charge in [0.2, 0.25) is 0 Å². The molecule has 0 atom stereocenters. The van der Waals surface area contributed by atoms with Crippen molar-refractivity contribution < 1.29 is 4.90 Å². The third-order valence-electron chi connectivity index (χ3n) is 5.39. The van der Waals surface area contributed by atoms with Gasteiger partial charge in [-0.15, -0.1) is 0 Å². The van der Waals surface area contributed by atoms with E-state index in [9.17, 15) is 4.79 Å². The summed E-state index contributed by atoms with van der Waals surface area (Å²) >= 11 is 0. The number of piperidine rings is 1. The molecule has 4 heteroatoms. The summed E-state index contributed by atoms with van der Waals surface area (Å²) in [6.07, 6.45) is 3.81. The molecule has 0 amide bonds. The van der Waals surface area contributed by atoms with Crippen molar-refractivity contribution in [3.05, 3.63) is 52.8 Å². The predicted octanol–water partition coefficient (Wildman–Crippen LogP) is 2.07. The van der Waals surface area contributed by atoms with Gasteiger partial charge in [-0.2, -0.15) is 9.78 Å². The van der Waals surface area contributed by atoms with Gasteiger partial charge in [0.05, 0.1) is 18.5 Å². The Morgan fingerprint density at radius 3 is 2.50 bits per heavy atom. The van der Waals surface area contributed by atoms with Crippen LogP contribution in [-0.2, 0) is 6.67 Å². The van der Waals surface area contributed by atoms with E-state index >= 15 is 0 Å². The summed E-state index contributed by atoms with van der Waals surface area (Å²) in [4.78, 5) is 14.4. The van der Waals surface area contributed by atoms with Crippen molar-refractivity contribution in [1.82, 2.24) is 9.78 Å². The van der Waals surface area contributed by atoms with Crippen molar-refractivity contribution in [2.75, 3.05) is 13.1 Å². The molecule has 2 heterocycles. The number of rotatable bonds is 2. The van der Waals surface area contributed by atoms with Gasteiger partial charge in [0.25, 0.3) is 5.56 Å². The molecule has 2 aliphatic rings. The van der Waals surface area contributed by atoms with Crippen molar-refractivity contribution in [2.45, 2.75) is 25.9 Å². The van der Waals surface area contributed by atoms with Crippen molar-refractivity contribution in [3.8, 4) is 22.4 Å². The van der Waals surface area contributed by atoms with Gasteiger partial charge in [0.15, 0.2) is 6.67 Å². The van der Waals surface area contributed by atoms with E-state index in [1.54, 1.807) is 4.68 Å². The van der Waals surface area contributed by atoms with Crippen LogP contribution >= 0.6 is 0 Å². The number of likely N-dealkylation sites (tertiary alicyclic amines) is 1. The van der Waals surface area contributed by atoms with Gasteiger partial charge in [-0.3, -0.25) is 4.79 Å². The highest BCUT2D eigenvalue weighted by Gasteiger charge is 2.25. The van der Waals surface area contributed by atoms with Crippen LogP contribution in [0.3, 0.4) is 0 Å². The second-order valence-corrected chi connectivity index (χ2v) is 6.90. The van der Waals surface area contributed by atoms with Crippen LogP contribution in [0.25, 0.3) is 33.2 Å². The summed E-state index contributed by atoms with van der Waals surface area (Å²) in [5.41, 5.74) is 4.48. The highest BCUT2D eigenvalue weighted by Crippen LogP contribution is 2.44. The first-order valence-electron chi connectivity index (χ1n) is 8.80. The Morgan fingerprint density at radius 2 is 1.67 bits per heavy atom. The van der Waals surface area contributed by atoms with E-state index in [2.05, 4.69) is 18.2 Å². The summed E-state index contributed by atoms with van der Waals surface area (Å²) in [6.45, 7) is 2.95. The molecule has 0 spiro atoms. The first-order chi connectivity index (χ1) is 11.8. The highest BCUT2D eigenvalue weighted by molar-refractivity contribution is 6.13. The average molecular weight is 318 g/mol. The first-order valence-corrected chi connectivity index (χ1v) is 8.80. The smallest absolute Gasteiger partial charge is 0.279 e. The van der Waals surface area contributed by atoms with E-state index in [4.69, 9.17) is 5.10 Å². The van der Waals surface area contributed by atoms with Gasteiger partial charge < -0.3 is 4.90 Å². The van der Waals surface area contributed by atoms with Crippen LogP contribution < -0.4 is 10.5 Å². The normalized spacial score (nSPS) is 16.5. The lowest BCUT2D eigenvalue weighted by molar-refractivity contribution is -0.928. The molecule has 5 rings (SSSR count). The molecule has 1 aliphatic carbocycles. The lowest BCUT2D eigenvalue weighted by Gasteiger charge is -2.23. The standard InChI is InChI=1S/C20H19N3O/c24-20-17-10-6-9-15-14-7-2-3-8-16(14)19(18(15)17)21-23(20)13-22-11-4-1-5-12-22/h2-3,6-10H,1,4-5,11-13H2/p+1.